The Bertz CT molecular complexity index is 1390. The summed E-state index contributed by atoms with van der Waals surface area (Å²) in [6.07, 6.45) is 24.0. The van der Waals surface area contributed by atoms with Gasteiger partial charge in [-0.2, -0.15) is 0 Å². The number of aliphatic hydroxyl groups is 7. The van der Waals surface area contributed by atoms with Crippen LogP contribution in [0.1, 0.15) is 129 Å². The summed E-state index contributed by atoms with van der Waals surface area (Å²) < 4.78 is 33.3. The molecule has 2 rings (SSSR count). The number of hydrogen-bond donors (Lipinski definition) is 7. The van der Waals surface area contributed by atoms with Gasteiger partial charge in [0.05, 0.1) is 19.8 Å². The summed E-state index contributed by atoms with van der Waals surface area (Å²) in [4.78, 5) is 25.6. The van der Waals surface area contributed by atoms with Gasteiger partial charge in [0.25, 0.3) is 0 Å². The first-order valence-electron chi connectivity index (χ1n) is 23.5. The first-order chi connectivity index (χ1) is 31.0. The lowest BCUT2D eigenvalue weighted by Crippen LogP contribution is -2.61. The normalized spacial score (nSPS) is 27.3. The van der Waals surface area contributed by atoms with E-state index in [4.69, 9.17) is 28.4 Å². The number of aliphatic hydroxyl groups excluding tert-OH is 7. The van der Waals surface area contributed by atoms with Gasteiger partial charge in [-0.15, -0.1) is 0 Å². The Kier molecular flexibility index (Phi) is 32.2. The Balaban J connectivity index is 1.87. The van der Waals surface area contributed by atoms with Crippen LogP contribution in [-0.2, 0) is 38.0 Å². The van der Waals surface area contributed by atoms with Crippen LogP contribution >= 0.6 is 0 Å². The second-order valence-corrected chi connectivity index (χ2v) is 16.2. The predicted molar refractivity (Wildman–Crippen MR) is 242 cm³/mol. The molecule has 2 saturated heterocycles. The summed E-state index contributed by atoms with van der Waals surface area (Å²) in [6.45, 7) is 2.34. The Morgan fingerprint density at radius 2 is 0.984 bits per heavy atom. The van der Waals surface area contributed by atoms with Crippen LogP contribution in [0.15, 0.2) is 72.9 Å². The highest BCUT2D eigenvalue weighted by atomic mass is 16.7. The number of rotatable bonds is 34. The quantitative estimate of drug-likeness (QED) is 0.0241. The van der Waals surface area contributed by atoms with Crippen LogP contribution in [0.3, 0.4) is 0 Å². The molecular weight excluding hydrogens is 829 g/mol. The summed E-state index contributed by atoms with van der Waals surface area (Å²) in [5.74, 6) is -1.03. The molecule has 2 aliphatic rings. The van der Waals surface area contributed by atoms with Gasteiger partial charge in [0, 0.05) is 12.8 Å². The van der Waals surface area contributed by atoms with Crippen LogP contribution in [0.5, 0.6) is 0 Å². The van der Waals surface area contributed by atoms with Crippen LogP contribution in [-0.4, -0.2) is 142 Å². The number of ether oxygens (including phenoxy) is 6. The second-order valence-electron chi connectivity index (χ2n) is 16.2. The maximum atomic E-state index is 12.9. The Morgan fingerprint density at radius 1 is 0.516 bits per heavy atom. The van der Waals surface area contributed by atoms with E-state index >= 15 is 0 Å². The van der Waals surface area contributed by atoms with E-state index in [9.17, 15) is 45.3 Å². The van der Waals surface area contributed by atoms with Gasteiger partial charge in [-0.1, -0.05) is 138 Å². The minimum Gasteiger partial charge on any atom is -0.462 e. The second kappa shape index (κ2) is 36.1. The molecule has 0 radical (unpaired) electrons. The lowest BCUT2D eigenvalue weighted by molar-refractivity contribution is -0.332. The monoisotopic (exact) mass is 909 g/mol. The van der Waals surface area contributed by atoms with Gasteiger partial charge in [0.1, 0.15) is 55.4 Å². The average molecular weight is 909 g/mol. The fourth-order valence-corrected chi connectivity index (χ4v) is 6.83. The largest absolute Gasteiger partial charge is 0.462 e. The van der Waals surface area contributed by atoms with Crippen LogP contribution in [0, 0.1) is 0 Å². The molecule has 0 spiro atoms. The first-order valence-corrected chi connectivity index (χ1v) is 23.5. The number of unbranched alkanes of at least 4 members (excludes halogenated alkanes) is 8. The smallest absolute Gasteiger partial charge is 0.306 e. The molecule has 0 aromatic rings. The lowest BCUT2D eigenvalue weighted by Gasteiger charge is -2.42. The van der Waals surface area contributed by atoms with Gasteiger partial charge in [-0.3, -0.25) is 9.59 Å². The van der Waals surface area contributed by atoms with Crippen LogP contribution < -0.4 is 0 Å². The molecule has 2 aliphatic heterocycles. The van der Waals surface area contributed by atoms with Gasteiger partial charge in [0.15, 0.2) is 18.7 Å². The van der Waals surface area contributed by atoms with E-state index in [1.54, 1.807) is 0 Å². The van der Waals surface area contributed by atoms with Gasteiger partial charge in [-0.25, -0.2) is 0 Å². The highest BCUT2D eigenvalue weighted by molar-refractivity contribution is 5.70. The third kappa shape index (κ3) is 24.5. The minimum absolute atomic E-state index is 0.0376. The zero-order valence-electron chi connectivity index (χ0n) is 38.2. The van der Waals surface area contributed by atoms with Gasteiger partial charge >= 0.3 is 11.9 Å². The zero-order valence-corrected chi connectivity index (χ0v) is 38.2. The average Bonchev–Trinajstić information content (AvgIpc) is 3.29. The van der Waals surface area contributed by atoms with E-state index < -0.39 is 99.3 Å². The summed E-state index contributed by atoms with van der Waals surface area (Å²) in [5, 5.41) is 71.9. The summed E-state index contributed by atoms with van der Waals surface area (Å²) in [6, 6.07) is 0. The molecule has 0 amide bonds. The van der Waals surface area contributed by atoms with Crippen molar-refractivity contribution in [3.8, 4) is 0 Å². The van der Waals surface area contributed by atoms with E-state index in [1.165, 1.54) is 32.1 Å². The molecule has 0 aliphatic carbocycles. The summed E-state index contributed by atoms with van der Waals surface area (Å²) >= 11 is 0. The van der Waals surface area contributed by atoms with Crippen molar-refractivity contribution in [1.82, 2.24) is 0 Å². The molecule has 11 unspecified atom stereocenters. The number of carbonyl (C=O) groups excluding carboxylic acids is 2. The fraction of sp³-hybridized carbons (Fsp3) is 0.714. The number of allylic oxidation sites excluding steroid dienone is 12. The maximum Gasteiger partial charge on any atom is 0.306 e. The molecule has 15 nitrogen and oxygen atoms in total. The maximum absolute atomic E-state index is 12.9. The van der Waals surface area contributed by atoms with Crippen molar-refractivity contribution in [2.75, 3.05) is 26.4 Å². The summed E-state index contributed by atoms with van der Waals surface area (Å²) in [7, 11) is 0. The topological polar surface area (TPSA) is 231 Å². The molecule has 64 heavy (non-hydrogen) atoms. The van der Waals surface area contributed by atoms with Crippen LogP contribution in [0.25, 0.3) is 0 Å². The lowest BCUT2D eigenvalue weighted by atomic mass is 9.98. The molecule has 366 valence electrons. The van der Waals surface area contributed by atoms with Crippen molar-refractivity contribution in [1.29, 1.82) is 0 Å². The van der Waals surface area contributed by atoms with Crippen molar-refractivity contribution in [2.24, 2.45) is 0 Å². The van der Waals surface area contributed by atoms with Gasteiger partial charge in [-0.05, 0) is 51.4 Å². The van der Waals surface area contributed by atoms with Crippen molar-refractivity contribution >= 4 is 11.9 Å². The molecular formula is C49H80O15. The molecule has 15 heteroatoms. The third-order valence-electron chi connectivity index (χ3n) is 10.7. The van der Waals surface area contributed by atoms with E-state index in [0.717, 1.165) is 51.4 Å². The molecule has 2 heterocycles. The first kappa shape index (κ1) is 57.1. The van der Waals surface area contributed by atoms with E-state index in [-0.39, 0.29) is 19.4 Å². The third-order valence-corrected chi connectivity index (χ3v) is 10.7. The molecule has 0 aromatic heterocycles. The van der Waals surface area contributed by atoms with Crippen LogP contribution in [0.2, 0.25) is 0 Å². The molecule has 0 bridgehead atoms. The number of carbonyl (C=O) groups is 2. The standard InChI is InChI=1S/C49H80O15/c1-3-5-7-9-11-13-14-15-16-17-18-19-20-21-22-24-26-28-30-32-41(52)62-37(34-59-40(51)31-29-27-25-23-12-10-8-6-4-2)35-60-48-47(58)45(56)43(54)39(64-48)36-61-49-46(57)44(55)42(53)38(33-50)63-49/h5,7,11,13,15-16,18-19,21-22,26,28,37-39,42-50,53-58H,3-4,6,8-10,12,14,17,20,23-25,27,29-36H2,1-2H3/b7-5-,13-11-,16-15-,19-18-,22-21-,28-26-. The zero-order chi connectivity index (χ0) is 46.8. The Labute approximate surface area is 381 Å². The van der Waals surface area contributed by atoms with Crippen molar-refractivity contribution in [3.63, 3.8) is 0 Å². The van der Waals surface area contributed by atoms with Gasteiger partial charge < -0.3 is 64.2 Å². The highest BCUT2D eigenvalue weighted by Gasteiger charge is 2.47. The predicted octanol–water partition coefficient (Wildman–Crippen LogP) is 5.48. The van der Waals surface area contributed by atoms with Crippen molar-refractivity contribution in [3.05, 3.63) is 72.9 Å². The molecule has 0 aromatic carbocycles. The number of hydrogen-bond acceptors (Lipinski definition) is 15. The molecule has 11 atom stereocenters. The van der Waals surface area contributed by atoms with Crippen molar-refractivity contribution in [2.45, 2.75) is 197 Å². The molecule has 2 fully saturated rings. The van der Waals surface area contributed by atoms with Gasteiger partial charge in [0.2, 0.25) is 0 Å². The van der Waals surface area contributed by atoms with E-state index in [2.05, 4.69) is 68.5 Å². The molecule has 7 N–H and O–H groups in total. The van der Waals surface area contributed by atoms with Crippen LogP contribution in [0.4, 0.5) is 0 Å². The molecule has 0 saturated carbocycles. The van der Waals surface area contributed by atoms with Crippen molar-refractivity contribution < 1.29 is 73.8 Å². The number of esters is 2. The summed E-state index contributed by atoms with van der Waals surface area (Å²) in [5.41, 5.74) is 0. The van der Waals surface area contributed by atoms with E-state index in [1.807, 2.05) is 18.2 Å². The SMILES string of the molecule is CC/C=C\C/C=C\C/C=C\C/C=C\C/C=C\C/C=C\CCC(=O)OC(COC(=O)CCCCCCCCCCC)COC1OC(COC2OC(CO)C(O)C(O)C2O)C(O)C(O)C1O. The van der Waals surface area contributed by atoms with E-state index in [0.29, 0.717) is 19.3 Å². The minimum atomic E-state index is -1.78. The Morgan fingerprint density at radius 3 is 1.52 bits per heavy atom. The fourth-order valence-electron chi connectivity index (χ4n) is 6.83. The Hall–Kier alpha value is -3.06. The highest BCUT2D eigenvalue weighted by Crippen LogP contribution is 2.26.